The molecule has 0 unspecified atom stereocenters. The summed E-state index contributed by atoms with van der Waals surface area (Å²) >= 11 is 5.89. The highest BCUT2D eigenvalue weighted by atomic mass is 35.5. The van der Waals surface area contributed by atoms with Gasteiger partial charge in [0.15, 0.2) is 0 Å². The van der Waals surface area contributed by atoms with Crippen LogP contribution >= 0.6 is 11.6 Å². The van der Waals surface area contributed by atoms with Crippen molar-refractivity contribution in [3.05, 3.63) is 46.5 Å². The molecule has 144 valence electrons. The third-order valence-electron chi connectivity index (χ3n) is 4.29. The van der Waals surface area contributed by atoms with Crippen molar-refractivity contribution < 1.29 is 13.9 Å². The molecule has 0 aliphatic carbocycles. The molecule has 27 heavy (non-hydrogen) atoms. The van der Waals surface area contributed by atoms with Crippen molar-refractivity contribution in [3.8, 4) is 5.88 Å². The highest BCUT2D eigenvalue weighted by Crippen LogP contribution is 2.21. The maximum atomic E-state index is 13.1. The molecule has 0 bridgehead atoms. The number of nitrogens with zero attached hydrogens (tertiary/aromatic N) is 3. The average molecular weight is 393 g/mol. The topological polar surface area (TPSA) is 67.3 Å². The predicted octanol–water partition coefficient (Wildman–Crippen LogP) is 3.38. The second-order valence-corrected chi connectivity index (χ2v) is 6.80. The van der Waals surface area contributed by atoms with Crippen LogP contribution in [0.5, 0.6) is 5.88 Å². The van der Waals surface area contributed by atoms with Gasteiger partial charge in [-0.05, 0) is 44.4 Å². The number of hydrogen-bond acceptors (Lipinski definition) is 5. The van der Waals surface area contributed by atoms with Gasteiger partial charge in [0.25, 0.3) is 5.91 Å². The molecule has 3 rings (SSSR count). The molecule has 1 fully saturated rings. The van der Waals surface area contributed by atoms with Gasteiger partial charge in [-0.25, -0.2) is 9.37 Å². The smallest absolute Gasteiger partial charge is 0.252 e. The Kier molecular flexibility index (Phi) is 6.45. The molecule has 8 heteroatoms. The molecule has 1 aromatic heterocycles. The van der Waals surface area contributed by atoms with E-state index in [1.54, 1.807) is 0 Å². The Morgan fingerprint density at radius 2 is 2.04 bits per heavy atom. The lowest BCUT2D eigenvalue weighted by Gasteiger charge is -2.28. The maximum Gasteiger partial charge on any atom is 0.252 e. The molecule has 1 saturated heterocycles. The van der Waals surface area contributed by atoms with Crippen LogP contribution < -0.4 is 15.0 Å². The van der Waals surface area contributed by atoms with Gasteiger partial charge in [-0.15, -0.1) is 0 Å². The standard InChI is InChI=1S/C19H22ClFN4O2/c1-13-23-17(25-8-3-2-4-9-25)12-18(24-13)27-10-7-22-19(26)15-6-5-14(21)11-16(15)20/h5-6,11-12H,2-4,7-10H2,1H3,(H,22,26). The second kappa shape index (κ2) is 8.99. The number of carbonyl (C=O) groups is 1. The number of ether oxygens (including phenoxy) is 1. The summed E-state index contributed by atoms with van der Waals surface area (Å²) in [6.45, 7) is 4.34. The van der Waals surface area contributed by atoms with Crippen molar-refractivity contribution in [2.45, 2.75) is 26.2 Å². The lowest BCUT2D eigenvalue weighted by molar-refractivity contribution is 0.0946. The Morgan fingerprint density at radius 3 is 2.78 bits per heavy atom. The first kappa shape index (κ1) is 19.4. The molecule has 0 saturated carbocycles. The number of anilines is 1. The van der Waals surface area contributed by atoms with E-state index in [0.29, 0.717) is 11.7 Å². The minimum absolute atomic E-state index is 0.0750. The minimum Gasteiger partial charge on any atom is -0.476 e. The fourth-order valence-corrected chi connectivity index (χ4v) is 3.23. The molecule has 6 nitrogen and oxygen atoms in total. The number of nitrogens with one attached hydrogen (secondary N) is 1. The zero-order chi connectivity index (χ0) is 19.2. The summed E-state index contributed by atoms with van der Waals surface area (Å²) < 4.78 is 18.7. The van der Waals surface area contributed by atoms with Crippen LogP contribution in [0.1, 0.15) is 35.4 Å². The van der Waals surface area contributed by atoms with Gasteiger partial charge in [-0.1, -0.05) is 11.6 Å². The number of halogens is 2. The molecule has 0 spiro atoms. The first-order chi connectivity index (χ1) is 13.0. The van der Waals surface area contributed by atoms with Crippen molar-refractivity contribution >= 4 is 23.3 Å². The Labute approximate surface area is 162 Å². The maximum absolute atomic E-state index is 13.1. The number of rotatable bonds is 6. The summed E-state index contributed by atoms with van der Waals surface area (Å²) in [6.07, 6.45) is 3.58. The Hall–Kier alpha value is -2.41. The normalized spacial score (nSPS) is 14.1. The Morgan fingerprint density at radius 1 is 1.26 bits per heavy atom. The quantitative estimate of drug-likeness (QED) is 0.763. The molecule has 2 heterocycles. The Balaban J connectivity index is 1.52. The van der Waals surface area contributed by atoms with Crippen LogP contribution in [0.15, 0.2) is 24.3 Å². The molecule has 0 radical (unpaired) electrons. The van der Waals surface area contributed by atoms with E-state index in [1.165, 1.54) is 18.6 Å². The van der Waals surface area contributed by atoms with Gasteiger partial charge in [0.2, 0.25) is 5.88 Å². The van der Waals surface area contributed by atoms with Crippen LogP contribution in [0.3, 0.4) is 0 Å². The van der Waals surface area contributed by atoms with E-state index >= 15 is 0 Å². The fraction of sp³-hybridized carbons (Fsp3) is 0.421. The largest absolute Gasteiger partial charge is 0.476 e. The lowest BCUT2D eigenvalue weighted by atomic mass is 10.1. The zero-order valence-corrected chi connectivity index (χ0v) is 15.9. The van der Waals surface area contributed by atoms with Crippen molar-refractivity contribution in [1.82, 2.24) is 15.3 Å². The summed E-state index contributed by atoms with van der Waals surface area (Å²) in [5, 5.41) is 2.77. The summed E-state index contributed by atoms with van der Waals surface area (Å²) in [5.41, 5.74) is 0.225. The molecule has 1 aromatic carbocycles. The average Bonchev–Trinajstić information content (AvgIpc) is 2.65. The van der Waals surface area contributed by atoms with Crippen molar-refractivity contribution in [2.75, 3.05) is 31.1 Å². The van der Waals surface area contributed by atoms with Crippen LogP contribution in [-0.4, -0.2) is 42.1 Å². The molecule has 1 aliphatic heterocycles. The van der Waals surface area contributed by atoms with Crippen LogP contribution in [0.2, 0.25) is 5.02 Å². The molecule has 1 amide bonds. The van der Waals surface area contributed by atoms with E-state index in [2.05, 4.69) is 20.2 Å². The van der Waals surface area contributed by atoms with Crippen molar-refractivity contribution in [3.63, 3.8) is 0 Å². The van der Waals surface area contributed by atoms with Crippen LogP contribution in [-0.2, 0) is 0 Å². The number of aryl methyl sites for hydroxylation is 1. The van der Waals surface area contributed by atoms with Gasteiger partial charge in [-0.2, -0.15) is 4.98 Å². The number of carbonyl (C=O) groups excluding carboxylic acids is 1. The van der Waals surface area contributed by atoms with Crippen molar-refractivity contribution in [1.29, 1.82) is 0 Å². The third kappa shape index (κ3) is 5.29. The zero-order valence-electron chi connectivity index (χ0n) is 15.2. The van der Waals surface area contributed by atoms with Gasteiger partial charge >= 0.3 is 0 Å². The highest BCUT2D eigenvalue weighted by Gasteiger charge is 2.14. The number of aromatic nitrogens is 2. The first-order valence-electron chi connectivity index (χ1n) is 8.99. The van der Waals surface area contributed by atoms with E-state index in [9.17, 15) is 9.18 Å². The molecule has 2 aromatic rings. The van der Waals surface area contributed by atoms with Crippen LogP contribution in [0.4, 0.5) is 10.2 Å². The van der Waals surface area contributed by atoms with Crippen LogP contribution in [0.25, 0.3) is 0 Å². The molecule has 1 aliphatic rings. The second-order valence-electron chi connectivity index (χ2n) is 6.39. The molecular weight excluding hydrogens is 371 g/mol. The van der Waals surface area contributed by atoms with Gasteiger partial charge in [0, 0.05) is 19.2 Å². The van der Waals surface area contributed by atoms with E-state index in [4.69, 9.17) is 16.3 Å². The SMILES string of the molecule is Cc1nc(OCCNC(=O)c2ccc(F)cc2Cl)cc(N2CCCCC2)n1. The van der Waals surface area contributed by atoms with Gasteiger partial charge in [0.05, 0.1) is 17.1 Å². The predicted molar refractivity (Wildman–Crippen MR) is 102 cm³/mol. The Bertz CT molecular complexity index is 812. The molecule has 0 atom stereocenters. The monoisotopic (exact) mass is 392 g/mol. The van der Waals surface area contributed by atoms with Crippen LogP contribution in [0, 0.1) is 12.7 Å². The van der Waals surface area contributed by atoms with Gasteiger partial charge in [0.1, 0.15) is 24.1 Å². The third-order valence-corrected chi connectivity index (χ3v) is 4.61. The number of hydrogen-bond donors (Lipinski definition) is 1. The van der Waals surface area contributed by atoms with E-state index in [1.807, 2.05) is 13.0 Å². The van der Waals surface area contributed by atoms with E-state index in [0.717, 1.165) is 37.8 Å². The number of piperidine rings is 1. The summed E-state index contributed by atoms with van der Waals surface area (Å²) in [6, 6.07) is 5.49. The van der Waals surface area contributed by atoms with Crippen molar-refractivity contribution in [2.24, 2.45) is 0 Å². The summed E-state index contributed by atoms with van der Waals surface area (Å²) in [5.74, 6) is 1.15. The number of amides is 1. The van der Waals surface area contributed by atoms with Gasteiger partial charge in [-0.3, -0.25) is 4.79 Å². The highest BCUT2D eigenvalue weighted by molar-refractivity contribution is 6.33. The first-order valence-corrected chi connectivity index (χ1v) is 9.37. The molecular formula is C19H22ClFN4O2. The minimum atomic E-state index is -0.483. The summed E-state index contributed by atoms with van der Waals surface area (Å²) in [7, 11) is 0. The van der Waals surface area contributed by atoms with E-state index in [-0.39, 0.29) is 29.6 Å². The lowest BCUT2D eigenvalue weighted by Crippen LogP contribution is -2.30. The van der Waals surface area contributed by atoms with E-state index < -0.39 is 5.82 Å². The van der Waals surface area contributed by atoms with Gasteiger partial charge < -0.3 is 15.0 Å². The summed E-state index contributed by atoms with van der Waals surface area (Å²) in [4.78, 5) is 23.1. The molecule has 1 N–H and O–H groups in total. The number of benzene rings is 1. The fourth-order valence-electron chi connectivity index (χ4n) is 2.97.